The van der Waals surface area contributed by atoms with E-state index in [0.717, 1.165) is 42.6 Å². The van der Waals surface area contributed by atoms with Crippen LogP contribution >= 0.6 is 11.6 Å². The van der Waals surface area contributed by atoms with Crippen molar-refractivity contribution in [2.24, 2.45) is 5.92 Å². The molecule has 6 heteroatoms. The highest BCUT2D eigenvalue weighted by molar-refractivity contribution is 6.30. The lowest BCUT2D eigenvalue weighted by Gasteiger charge is -2.32. The van der Waals surface area contributed by atoms with Crippen LogP contribution in [0.3, 0.4) is 0 Å². The first-order chi connectivity index (χ1) is 14.0. The Morgan fingerprint density at radius 1 is 1.17 bits per heavy atom. The number of nitrogens with one attached hydrogen (secondary N) is 2. The van der Waals surface area contributed by atoms with Crippen molar-refractivity contribution in [2.45, 2.75) is 39.2 Å². The van der Waals surface area contributed by atoms with E-state index in [1.165, 1.54) is 0 Å². The number of likely N-dealkylation sites (tertiary alicyclic amines) is 1. The van der Waals surface area contributed by atoms with Crippen LogP contribution in [0.4, 0.5) is 10.5 Å². The number of anilines is 1. The molecule has 1 fully saturated rings. The van der Waals surface area contributed by atoms with Gasteiger partial charge in [-0.1, -0.05) is 35.9 Å². The molecule has 2 N–H and O–H groups in total. The van der Waals surface area contributed by atoms with E-state index in [1.54, 1.807) is 0 Å². The van der Waals surface area contributed by atoms with Gasteiger partial charge in [0.25, 0.3) is 0 Å². The lowest BCUT2D eigenvalue weighted by Crippen LogP contribution is -2.42. The number of benzene rings is 2. The lowest BCUT2D eigenvalue weighted by molar-refractivity contribution is -0.121. The zero-order chi connectivity index (χ0) is 20.6. The summed E-state index contributed by atoms with van der Waals surface area (Å²) in [6.45, 7) is 3.94. The van der Waals surface area contributed by atoms with Crippen LogP contribution in [0.15, 0.2) is 48.5 Å². The molecule has 0 aliphatic carbocycles. The van der Waals surface area contributed by atoms with E-state index < -0.39 is 0 Å². The topological polar surface area (TPSA) is 61.4 Å². The van der Waals surface area contributed by atoms with E-state index in [4.69, 9.17) is 11.6 Å². The molecule has 29 heavy (non-hydrogen) atoms. The molecule has 0 saturated carbocycles. The van der Waals surface area contributed by atoms with Gasteiger partial charge in [0.1, 0.15) is 0 Å². The Kier molecular flexibility index (Phi) is 7.53. The largest absolute Gasteiger partial charge is 0.352 e. The number of urea groups is 1. The summed E-state index contributed by atoms with van der Waals surface area (Å²) in [6, 6.07) is 15.2. The van der Waals surface area contributed by atoms with E-state index in [0.29, 0.717) is 30.5 Å². The Morgan fingerprint density at radius 2 is 2.00 bits per heavy atom. The van der Waals surface area contributed by atoms with Crippen molar-refractivity contribution in [3.8, 4) is 0 Å². The molecule has 1 aliphatic rings. The molecule has 1 aliphatic heterocycles. The van der Waals surface area contributed by atoms with Crippen molar-refractivity contribution < 1.29 is 9.59 Å². The molecule has 0 aromatic heterocycles. The van der Waals surface area contributed by atoms with Crippen molar-refractivity contribution in [1.29, 1.82) is 0 Å². The minimum atomic E-state index is -0.0642. The summed E-state index contributed by atoms with van der Waals surface area (Å²) < 4.78 is 0. The van der Waals surface area contributed by atoms with Gasteiger partial charge in [-0.05, 0) is 67.5 Å². The molecular weight excluding hydrogens is 386 g/mol. The quantitative estimate of drug-likeness (QED) is 0.700. The maximum absolute atomic E-state index is 12.6. The van der Waals surface area contributed by atoms with Crippen molar-refractivity contribution in [1.82, 2.24) is 10.2 Å². The van der Waals surface area contributed by atoms with Crippen molar-refractivity contribution in [3.63, 3.8) is 0 Å². The van der Waals surface area contributed by atoms with Gasteiger partial charge in [-0.15, -0.1) is 0 Å². The molecule has 0 spiro atoms. The molecule has 3 rings (SSSR count). The van der Waals surface area contributed by atoms with Crippen molar-refractivity contribution >= 4 is 29.2 Å². The first-order valence-electron chi connectivity index (χ1n) is 10.1. The second-order valence-electron chi connectivity index (χ2n) is 7.70. The number of carbonyl (C=O) groups excluding carboxylic acids is 2. The average molecular weight is 414 g/mol. The third kappa shape index (κ3) is 6.79. The Balaban J connectivity index is 1.42. The number of carbonyl (C=O) groups is 2. The molecule has 3 amide bonds. The fourth-order valence-electron chi connectivity index (χ4n) is 3.68. The molecule has 1 saturated heterocycles. The number of piperidine rings is 1. The zero-order valence-corrected chi connectivity index (χ0v) is 17.5. The molecule has 5 nitrogen and oxygen atoms in total. The molecule has 154 valence electrons. The van der Waals surface area contributed by atoms with Crippen LogP contribution in [0.1, 0.15) is 36.8 Å². The fourth-order valence-corrected chi connectivity index (χ4v) is 3.89. The minimum absolute atomic E-state index is 0.0336. The second kappa shape index (κ2) is 10.3. The van der Waals surface area contributed by atoms with Crippen LogP contribution in [0.5, 0.6) is 0 Å². The molecule has 2 aromatic rings. The van der Waals surface area contributed by atoms with Crippen LogP contribution in [0.25, 0.3) is 0 Å². The highest BCUT2D eigenvalue weighted by atomic mass is 35.5. The average Bonchev–Trinajstić information content (AvgIpc) is 2.71. The number of hydrogen-bond donors (Lipinski definition) is 2. The number of hydrogen-bond acceptors (Lipinski definition) is 2. The van der Waals surface area contributed by atoms with Gasteiger partial charge in [0.05, 0.1) is 0 Å². The predicted molar refractivity (Wildman–Crippen MR) is 117 cm³/mol. The summed E-state index contributed by atoms with van der Waals surface area (Å²) in [5.41, 5.74) is 2.92. The third-order valence-corrected chi connectivity index (χ3v) is 5.47. The van der Waals surface area contributed by atoms with Gasteiger partial charge in [-0.2, -0.15) is 0 Å². The summed E-state index contributed by atoms with van der Waals surface area (Å²) in [7, 11) is 0. The molecule has 2 aromatic carbocycles. The summed E-state index contributed by atoms with van der Waals surface area (Å²) >= 11 is 5.97. The molecule has 0 unspecified atom stereocenters. The summed E-state index contributed by atoms with van der Waals surface area (Å²) in [5.74, 6) is 0.384. The van der Waals surface area contributed by atoms with Gasteiger partial charge in [0, 0.05) is 36.8 Å². The monoisotopic (exact) mass is 413 g/mol. The predicted octanol–water partition coefficient (Wildman–Crippen LogP) is 4.99. The van der Waals surface area contributed by atoms with Gasteiger partial charge >= 0.3 is 6.03 Å². The number of rotatable bonds is 6. The van der Waals surface area contributed by atoms with Gasteiger partial charge in [0.2, 0.25) is 5.91 Å². The Labute approximate surface area is 177 Å². The maximum atomic E-state index is 12.6. The highest BCUT2D eigenvalue weighted by Gasteiger charge is 2.24. The highest BCUT2D eigenvalue weighted by Crippen LogP contribution is 2.22. The molecule has 0 radical (unpaired) electrons. The Hall–Kier alpha value is -2.53. The van der Waals surface area contributed by atoms with Crippen LogP contribution < -0.4 is 10.6 Å². The van der Waals surface area contributed by atoms with Crippen LogP contribution in [-0.2, 0) is 11.3 Å². The van der Waals surface area contributed by atoms with Crippen LogP contribution in [0, 0.1) is 12.8 Å². The van der Waals surface area contributed by atoms with Crippen molar-refractivity contribution in [3.05, 3.63) is 64.7 Å². The number of amides is 3. The van der Waals surface area contributed by atoms with Crippen LogP contribution in [0.2, 0.25) is 5.02 Å². The molecule has 0 bridgehead atoms. The number of halogens is 1. The van der Waals surface area contributed by atoms with E-state index in [9.17, 15) is 9.59 Å². The van der Waals surface area contributed by atoms with E-state index >= 15 is 0 Å². The van der Waals surface area contributed by atoms with Gasteiger partial charge in [-0.25, -0.2) is 4.79 Å². The maximum Gasteiger partial charge on any atom is 0.321 e. The first-order valence-corrected chi connectivity index (χ1v) is 10.5. The van der Waals surface area contributed by atoms with E-state index in [2.05, 4.69) is 10.6 Å². The van der Waals surface area contributed by atoms with Gasteiger partial charge in [-0.3, -0.25) is 4.79 Å². The third-order valence-electron chi connectivity index (χ3n) is 5.23. The number of aryl methyl sites for hydroxylation is 1. The SMILES string of the molecule is Cc1cccc(NC(=O)N2CCC[C@H](CCC(=O)NCc3cccc(Cl)c3)C2)c1. The molecule has 1 heterocycles. The number of nitrogens with zero attached hydrogens (tertiary/aromatic N) is 1. The van der Waals surface area contributed by atoms with Gasteiger partial charge in [0.15, 0.2) is 0 Å². The summed E-state index contributed by atoms with van der Waals surface area (Å²) in [6.07, 6.45) is 3.28. The van der Waals surface area contributed by atoms with E-state index in [-0.39, 0.29) is 11.9 Å². The molecule has 1 atom stereocenters. The Bertz CT molecular complexity index is 856. The van der Waals surface area contributed by atoms with Gasteiger partial charge < -0.3 is 15.5 Å². The second-order valence-corrected chi connectivity index (χ2v) is 8.14. The summed E-state index contributed by atoms with van der Waals surface area (Å²) in [4.78, 5) is 26.6. The smallest absolute Gasteiger partial charge is 0.321 e. The fraction of sp³-hybridized carbons (Fsp3) is 0.391. The normalized spacial score (nSPS) is 16.3. The van der Waals surface area contributed by atoms with Crippen LogP contribution in [-0.4, -0.2) is 29.9 Å². The summed E-state index contributed by atoms with van der Waals surface area (Å²) in [5, 5.41) is 6.59. The molecular formula is C23H28ClN3O2. The first kappa shape index (κ1) is 21.2. The Morgan fingerprint density at radius 3 is 2.79 bits per heavy atom. The minimum Gasteiger partial charge on any atom is -0.352 e. The standard InChI is InChI=1S/C23H28ClN3O2/c1-17-5-2-9-21(13-17)26-23(29)27-12-4-7-18(16-27)10-11-22(28)25-15-19-6-3-8-20(24)14-19/h2-3,5-6,8-9,13-14,18H,4,7,10-12,15-16H2,1H3,(H,25,28)(H,26,29)/t18-/m1/s1. The lowest BCUT2D eigenvalue weighted by atomic mass is 9.93. The van der Waals surface area contributed by atoms with Crippen molar-refractivity contribution in [2.75, 3.05) is 18.4 Å². The zero-order valence-electron chi connectivity index (χ0n) is 16.8. The van der Waals surface area contributed by atoms with E-state index in [1.807, 2.05) is 60.4 Å².